The average Bonchev–Trinajstić information content (AvgIpc) is 2.27. The third-order valence-corrected chi connectivity index (χ3v) is 2.59. The number of ketones is 1. The predicted octanol–water partition coefficient (Wildman–Crippen LogP) is 2.26. The minimum Gasteiger partial charge on any atom is -0.298 e. The first-order valence-corrected chi connectivity index (χ1v) is 5.36. The normalized spacial score (nSPS) is 9.40. The van der Waals surface area contributed by atoms with Crippen molar-refractivity contribution in [2.24, 2.45) is 0 Å². The maximum Gasteiger partial charge on any atom is 0.174 e. The summed E-state index contributed by atoms with van der Waals surface area (Å²) < 4.78 is 0. The van der Waals surface area contributed by atoms with Crippen molar-refractivity contribution >= 4 is 28.0 Å². The van der Waals surface area contributed by atoms with Gasteiger partial charge in [-0.3, -0.25) is 9.59 Å². The number of halogens is 1. The Morgan fingerprint density at radius 2 is 2.27 bits per heavy atom. The summed E-state index contributed by atoms with van der Waals surface area (Å²) in [6.45, 7) is 1.74. The quantitative estimate of drug-likeness (QED) is 0.479. The average molecular weight is 266 g/mol. The Morgan fingerprint density at radius 1 is 1.60 bits per heavy atom. The molecule has 15 heavy (non-hydrogen) atoms. The summed E-state index contributed by atoms with van der Waals surface area (Å²) >= 11 is 3.05. The Labute approximate surface area is 95.8 Å². The molecule has 0 saturated carbocycles. The van der Waals surface area contributed by atoms with E-state index in [0.29, 0.717) is 17.4 Å². The van der Waals surface area contributed by atoms with Gasteiger partial charge in [0.1, 0.15) is 6.07 Å². The van der Waals surface area contributed by atoms with E-state index < -0.39 is 0 Å². The molecule has 0 N–H and O–H groups in total. The Bertz CT molecular complexity index is 460. The van der Waals surface area contributed by atoms with Gasteiger partial charge < -0.3 is 0 Å². The van der Waals surface area contributed by atoms with Crippen molar-refractivity contribution in [2.75, 3.05) is 5.33 Å². The summed E-state index contributed by atoms with van der Waals surface area (Å²) in [5.41, 5.74) is 1.46. The maximum atomic E-state index is 11.6. The van der Waals surface area contributed by atoms with Crippen molar-refractivity contribution in [1.29, 1.82) is 5.26 Å². The van der Waals surface area contributed by atoms with Crippen molar-refractivity contribution in [2.45, 2.75) is 6.92 Å². The molecule has 3 nitrogen and oxygen atoms in total. The fourth-order valence-electron chi connectivity index (χ4n) is 1.37. The number of nitrogens with zero attached hydrogens (tertiary/aromatic N) is 1. The molecule has 1 rings (SSSR count). The Hall–Kier alpha value is -1.47. The van der Waals surface area contributed by atoms with Gasteiger partial charge in [0.15, 0.2) is 12.1 Å². The smallest absolute Gasteiger partial charge is 0.174 e. The molecule has 0 fully saturated rings. The van der Waals surface area contributed by atoms with Crippen molar-refractivity contribution in [3.05, 3.63) is 34.4 Å². The van der Waals surface area contributed by atoms with Crippen LogP contribution in [-0.4, -0.2) is 17.4 Å². The van der Waals surface area contributed by atoms with Gasteiger partial charge in [0.05, 0.1) is 10.9 Å². The molecular weight excluding hydrogens is 258 g/mol. The van der Waals surface area contributed by atoms with Gasteiger partial charge in [0.2, 0.25) is 0 Å². The molecule has 0 heterocycles. The standard InChI is InChI=1S/C11H8BrNO2/c1-7-2-3-8(6-14)9(5-13)11(7)10(15)4-12/h2-3,6H,4H2,1H3. The lowest BCUT2D eigenvalue weighted by Crippen LogP contribution is -2.08. The Morgan fingerprint density at radius 3 is 2.73 bits per heavy atom. The van der Waals surface area contributed by atoms with Crippen LogP contribution in [0.3, 0.4) is 0 Å². The topological polar surface area (TPSA) is 57.9 Å². The maximum absolute atomic E-state index is 11.6. The first-order valence-electron chi connectivity index (χ1n) is 4.23. The molecule has 1 aromatic carbocycles. The second-order valence-corrected chi connectivity index (χ2v) is 3.57. The molecule has 0 unspecified atom stereocenters. The lowest BCUT2D eigenvalue weighted by Gasteiger charge is -2.06. The van der Waals surface area contributed by atoms with Gasteiger partial charge in [-0.25, -0.2) is 0 Å². The number of carbonyl (C=O) groups is 2. The molecule has 0 saturated heterocycles. The van der Waals surface area contributed by atoms with Crippen LogP contribution in [0.5, 0.6) is 0 Å². The first kappa shape index (κ1) is 11.6. The number of hydrogen-bond acceptors (Lipinski definition) is 3. The number of benzene rings is 1. The summed E-state index contributed by atoms with van der Waals surface area (Å²) in [7, 11) is 0. The van der Waals surface area contributed by atoms with E-state index >= 15 is 0 Å². The number of alkyl halides is 1. The summed E-state index contributed by atoms with van der Waals surface area (Å²) in [5, 5.41) is 9.07. The highest BCUT2D eigenvalue weighted by Crippen LogP contribution is 2.18. The molecule has 0 bridgehead atoms. The number of Topliss-reactive ketones (excluding diaryl/α,β-unsaturated/α-hetero) is 1. The fourth-order valence-corrected chi connectivity index (χ4v) is 1.65. The van der Waals surface area contributed by atoms with Crippen LogP contribution in [0, 0.1) is 18.3 Å². The minimum atomic E-state index is -0.187. The van der Waals surface area contributed by atoms with Crippen LogP contribution < -0.4 is 0 Å². The van der Waals surface area contributed by atoms with Crippen molar-refractivity contribution in [3.8, 4) is 6.07 Å². The largest absolute Gasteiger partial charge is 0.298 e. The SMILES string of the molecule is Cc1ccc(C=O)c(C#N)c1C(=O)CBr. The zero-order chi connectivity index (χ0) is 11.4. The summed E-state index contributed by atoms with van der Waals surface area (Å²) in [6.07, 6.45) is 0.586. The van der Waals surface area contributed by atoms with Gasteiger partial charge in [-0.1, -0.05) is 28.1 Å². The van der Waals surface area contributed by atoms with Crippen LogP contribution in [0.2, 0.25) is 0 Å². The van der Waals surface area contributed by atoms with Crippen molar-refractivity contribution in [1.82, 2.24) is 0 Å². The lowest BCUT2D eigenvalue weighted by molar-refractivity contribution is 0.102. The van der Waals surface area contributed by atoms with Crippen LogP contribution in [0.15, 0.2) is 12.1 Å². The van der Waals surface area contributed by atoms with Crippen LogP contribution in [-0.2, 0) is 0 Å². The van der Waals surface area contributed by atoms with E-state index in [1.54, 1.807) is 19.1 Å². The van der Waals surface area contributed by atoms with E-state index in [1.807, 2.05) is 6.07 Å². The number of hydrogen-bond donors (Lipinski definition) is 0. The summed E-state index contributed by atoms with van der Waals surface area (Å²) in [5.74, 6) is -0.187. The fraction of sp³-hybridized carbons (Fsp3) is 0.182. The van der Waals surface area contributed by atoms with Gasteiger partial charge in [-0.05, 0) is 12.5 Å². The van der Waals surface area contributed by atoms with E-state index in [-0.39, 0.29) is 22.2 Å². The van der Waals surface area contributed by atoms with Crippen LogP contribution in [0.25, 0.3) is 0 Å². The van der Waals surface area contributed by atoms with E-state index in [9.17, 15) is 9.59 Å². The van der Waals surface area contributed by atoms with Crippen LogP contribution >= 0.6 is 15.9 Å². The second-order valence-electron chi connectivity index (χ2n) is 3.01. The third-order valence-electron chi connectivity index (χ3n) is 2.08. The molecule has 0 aromatic heterocycles. The number of aldehydes is 1. The third kappa shape index (κ3) is 2.13. The lowest BCUT2D eigenvalue weighted by atomic mass is 9.95. The van der Waals surface area contributed by atoms with E-state index in [2.05, 4.69) is 15.9 Å². The monoisotopic (exact) mass is 265 g/mol. The molecule has 0 atom stereocenters. The number of nitriles is 1. The highest BCUT2D eigenvalue weighted by atomic mass is 79.9. The zero-order valence-corrected chi connectivity index (χ0v) is 9.67. The van der Waals surface area contributed by atoms with Gasteiger partial charge in [0.25, 0.3) is 0 Å². The Kier molecular flexibility index (Phi) is 3.75. The van der Waals surface area contributed by atoms with Crippen molar-refractivity contribution < 1.29 is 9.59 Å². The molecule has 0 radical (unpaired) electrons. The van der Waals surface area contributed by atoms with E-state index in [4.69, 9.17) is 5.26 Å². The molecule has 4 heteroatoms. The molecule has 0 spiro atoms. The minimum absolute atomic E-state index is 0.144. The first-order chi connectivity index (χ1) is 7.15. The molecule has 0 aliphatic carbocycles. The van der Waals surface area contributed by atoms with E-state index in [1.165, 1.54) is 0 Å². The molecule has 0 aliphatic rings. The molecule has 76 valence electrons. The van der Waals surface area contributed by atoms with Crippen LogP contribution in [0.1, 0.15) is 31.8 Å². The van der Waals surface area contributed by atoms with Gasteiger partial charge in [-0.15, -0.1) is 0 Å². The molecule has 0 aliphatic heterocycles. The number of aryl methyl sites for hydroxylation is 1. The second kappa shape index (κ2) is 4.85. The summed E-state index contributed by atoms with van der Waals surface area (Å²) in [4.78, 5) is 22.3. The highest BCUT2D eigenvalue weighted by molar-refractivity contribution is 9.09. The predicted molar refractivity (Wildman–Crippen MR) is 59.4 cm³/mol. The number of rotatable bonds is 3. The molecule has 1 aromatic rings. The van der Waals surface area contributed by atoms with E-state index in [0.717, 1.165) is 0 Å². The number of carbonyl (C=O) groups excluding carboxylic acids is 2. The molecular formula is C11H8BrNO2. The van der Waals surface area contributed by atoms with Crippen LogP contribution in [0.4, 0.5) is 0 Å². The Balaban J connectivity index is 3.54. The summed E-state index contributed by atoms with van der Waals surface area (Å²) in [6, 6.07) is 5.11. The van der Waals surface area contributed by atoms with Gasteiger partial charge in [0, 0.05) is 11.1 Å². The zero-order valence-electron chi connectivity index (χ0n) is 8.08. The molecule has 0 amide bonds. The van der Waals surface area contributed by atoms with Gasteiger partial charge >= 0.3 is 0 Å². The van der Waals surface area contributed by atoms with Crippen molar-refractivity contribution in [3.63, 3.8) is 0 Å². The highest BCUT2D eigenvalue weighted by Gasteiger charge is 2.16. The van der Waals surface area contributed by atoms with Gasteiger partial charge in [-0.2, -0.15) is 5.26 Å².